The Morgan fingerprint density at radius 1 is 1.54 bits per heavy atom. The molecule has 4 N–H and O–H groups in total. The zero-order valence-electron chi connectivity index (χ0n) is 16.0. The molecule has 1 rings (SSSR count). The lowest BCUT2D eigenvalue weighted by atomic mass is 10.1. The number of alkyl carbamates (subject to hydrolysis) is 1. The van der Waals surface area contributed by atoms with E-state index >= 15 is 0 Å². The van der Waals surface area contributed by atoms with Crippen molar-refractivity contribution in [1.82, 2.24) is 15.5 Å². The van der Waals surface area contributed by atoms with E-state index in [4.69, 9.17) is 10.5 Å². The van der Waals surface area contributed by atoms with Crippen molar-refractivity contribution in [3.63, 3.8) is 0 Å². The fourth-order valence-corrected chi connectivity index (χ4v) is 3.35. The molecule has 1 saturated heterocycles. The van der Waals surface area contributed by atoms with Crippen LogP contribution in [0.4, 0.5) is 4.79 Å². The van der Waals surface area contributed by atoms with Crippen LogP contribution < -0.4 is 16.4 Å². The van der Waals surface area contributed by atoms with Crippen molar-refractivity contribution in [2.75, 3.05) is 18.8 Å². The fourth-order valence-electron chi connectivity index (χ4n) is 2.36. The maximum atomic E-state index is 12.8. The first-order valence-electron chi connectivity index (χ1n) is 8.57. The number of nitrogens with zero attached hydrogens (tertiary/aromatic N) is 4. The lowest BCUT2D eigenvalue weighted by Crippen LogP contribution is -2.51. The highest BCUT2D eigenvalue weighted by molar-refractivity contribution is 8.00. The standard InChI is InChI=1S/C15H25N7O5S/c1-15(2,3)27-14(24)19-10(5-4-6-18-13(17)20-22(25)26)12(23)21-7-8-28-11(21)9-16/h10-11H,4-8H2,1-3H3,(H,19,24)(H3,17,18,20)/t10-,11?/m0/s1. The first kappa shape index (κ1) is 23.3. The molecule has 1 fully saturated rings. The Kier molecular flexibility index (Phi) is 8.77. The van der Waals surface area contributed by atoms with Crippen molar-refractivity contribution in [1.29, 1.82) is 5.26 Å². The topological polar surface area (TPSA) is 176 Å². The number of guanidine groups is 1. The molecule has 2 atom stereocenters. The normalized spacial score (nSPS) is 18.1. The summed E-state index contributed by atoms with van der Waals surface area (Å²) in [7, 11) is 0. The number of rotatable bonds is 7. The van der Waals surface area contributed by atoms with Crippen molar-refractivity contribution < 1.29 is 19.4 Å². The minimum absolute atomic E-state index is 0.208. The average Bonchev–Trinajstić information content (AvgIpc) is 3.03. The summed E-state index contributed by atoms with van der Waals surface area (Å²) in [6, 6.07) is 1.15. The summed E-state index contributed by atoms with van der Waals surface area (Å²) < 4.78 is 5.20. The van der Waals surface area contributed by atoms with Gasteiger partial charge in [-0.25, -0.2) is 14.9 Å². The van der Waals surface area contributed by atoms with E-state index < -0.39 is 28.1 Å². The van der Waals surface area contributed by atoms with Crippen molar-refractivity contribution >= 4 is 29.7 Å². The molecule has 0 aromatic carbocycles. The third-order valence-corrected chi connectivity index (χ3v) is 4.53. The minimum Gasteiger partial charge on any atom is -0.444 e. The monoisotopic (exact) mass is 415 g/mol. The van der Waals surface area contributed by atoms with E-state index in [-0.39, 0.29) is 24.8 Å². The molecule has 1 aliphatic heterocycles. The van der Waals surface area contributed by atoms with Crippen LogP contribution in [0.2, 0.25) is 0 Å². The van der Waals surface area contributed by atoms with Gasteiger partial charge in [-0.3, -0.25) is 4.79 Å². The van der Waals surface area contributed by atoms with Crippen LogP contribution in [0, 0.1) is 21.4 Å². The zero-order chi connectivity index (χ0) is 21.3. The molecule has 0 bridgehead atoms. The van der Waals surface area contributed by atoms with Crippen molar-refractivity contribution in [3.05, 3.63) is 10.1 Å². The molecule has 2 amide bonds. The summed E-state index contributed by atoms with van der Waals surface area (Å²) >= 11 is 1.35. The summed E-state index contributed by atoms with van der Waals surface area (Å²) in [5.41, 5.74) is 4.60. The zero-order valence-corrected chi connectivity index (χ0v) is 16.8. The van der Waals surface area contributed by atoms with E-state index in [1.807, 2.05) is 0 Å². The highest BCUT2D eigenvalue weighted by atomic mass is 32.2. The summed E-state index contributed by atoms with van der Waals surface area (Å²) in [4.78, 5) is 36.6. The highest BCUT2D eigenvalue weighted by Crippen LogP contribution is 2.24. The summed E-state index contributed by atoms with van der Waals surface area (Å²) in [5, 5.41) is 25.9. The first-order valence-corrected chi connectivity index (χ1v) is 9.62. The summed E-state index contributed by atoms with van der Waals surface area (Å²) in [6.07, 6.45) is -0.164. The smallest absolute Gasteiger partial charge is 0.408 e. The highest BCUT2D eigenvalue weighted by Gasteiger charge is 2.34. The van der Waals surface area contributed by atoms with Crippen LogP contribution in [0.15, 0.2) is 5.10 Å². The SMILES string of the molecule is CC(C)(C)OC(=O)N[C@@H](CCCNC(N)=N[N+](=O)[O-])C(=O)N1CCSC1C#N. The Bertz CT molecular complexity index is 658. The van der Waals surface area contributed by atoms with Crippen molar-refractivity contribution in [2.24, 2.45) is 10.8 Å². The summed E-state index contributed by atoms with van der Waals surface area (Å²) in [6.45, 7) is 5.73. The van der Waals surface area contributed by atoms with Gasteiger partial charge in [0.25, 0.3) is 5.96 Å². The maximum absolute atomic E-state index is 12.8. The van der Waals surface area contributed by atoms with Gasteiger partial charge in [0.05, 0.1) is 6.07 Å². The molecule has 0 radical (unpaired) electrons. The number of amides is 2. The van der Waals surface area contributed by atoms with Gasteiger partial charge in [0.1, 0.15) is 16.7 Å². The van der Waals surface area contributed by atoms with Crippen LogP contribution in [-0.2, 0) is 9.53 Å². The molecule has 1 heterocycles. The number of carbonyl (C=O) groups excluding carboxylic acids is 2. The molecule has 156 valence electrons. The number of thioether (sulfide) groups is 1. The number of ether oxygens (including phenoxy) is 1. The Morgan fingerprint density at radius 3 is 2.79 bits per heavy atom. The molecule has 28 heavy (non-hydrogen) atoms. The molecule has 13 heteroatoms. The Balaban J connectivity index is 2.72. The maximum Gasteiger partial charge on any atom is 0.408 e. The molecular formula is C15H25N7O5S. The van der Waals surface area contributed by atoms with Gasteiger partial charge >= 0.3 is 6.09 Å². The van der Waals surface area contributed by atoms with Crippen LogP contribution in [-0.4, -0.2) is 63.8 Å². The van der Waals surface area contributed by atoms with Crippen LogP contribution in [0.5, 0.6) is 0 Å². The van der Waals surface area contributed by atoms with Gasteiger partial charge in [0.15, 0.2) is 10.4 Å². The van der Waals surface area contributed by atoms with E-state index in [1.165, 1.54) is 16.7 Å². The van der Waals surface area contributed by atoms with E-state index in [9.17, 15) is 25.0 Å². The average molecular weight is 415 g/mol. The number of nitrogens with two attached hydrogens (primary N) is 1. The van der Waals surface area contributed by atoms with Gasteiger partial charge in [-0.1, -0.05) is 0 Å². The molecule has 12 nitrogen and oxygen atoms in total. The number of hydrazone groups is 1. The Morgan fingerprint density at radius 2 is 2.21 bits per heavy atom. The molecule has 0 aromatic heterocycles. The number of hydrogen-bond donors (Lipinski definition) is 3. The molecule has 1 aliphatic rings. The van der Waals surface area contributed by atoms with Gasteiger partial charge in [-0.2, -0.15) is 5.26 Å². The van der Waals surface area contributed by atoms with E-state index in [0.717, 1.165) is 0 Å². The first-order chi connectivity index (χ1) is 13.0. The number of nitrogens with one attached hydrogen (secondary N) is 2. The van der Waals surface area contributed by atoms with E-state index in [2.05, 4.69) is 21.8 Å². The Labute approximate surface area is 167 Å². The largest absolute Gasteiger partial charge is 0.444 e. The fraction of sp³-hybridized carbons (Fsp3) is 0.733. The molecule has 0 aromatic rings. The van der Waals surface area contributed by atoms with Crippen LogP contribution in [0.1, 0.15) is 33.6 Å². The second kappa shape index (κ2) is 10.5. The predicted molar refractivity (Wildman–Crippen MR) is 103 cm³/mol. The number of nitro groups is 1. The third-order valence-electron chi connectivity index (χ3n) is 3.44. The van der Waals surface area contributed by atoms with Crippen LogP contribution in [0.3, 0.4) is 0 Å². The van der Waals surface area contributed by atoms with E-state index in [0.29, 0.717) is 18.7 Å². The molecule has 0 aliphatic carbocycles. The van der Waals surface area contributed by atoms with Crippen LogP contribution in [0.25, 0.3) is 0 Å². The minimum atomic E-state index is -0.925. The second-order valence-electron chi connectivity index (χ2n) is 6.87. The number of nitriles is 1. The van der Waals surface area contributed by atoms with Crippen LogP contribution >= 0.6 is 11.8 Å². The third kappa shape index (κ3) is 8.30. The molecule has 1 unspecified atom stereocenters. The van der Waals surface area contributed by atoms with Gasteiger partial charge in [-0.15, -0.1) is 11.8 Å². The number of carbonyl (C=O) groups is 2. The van der Waals surface area contributed by atoms with Gasteiger partial charge in [0, 0.05) is 18.8 Å². The lowest BCUT2D eigenvalue weighted by molar-refractivity contribution is -0.485. The van der Waals surface area contributed by atoms with Crippen molar-refractivity contribution in [2.45, 2.75) is 50.6 Å². The lowest BCUT2D eigenvalue weighted by Gasteiger charge is -2.27. The predicted octanol–water partition coefficient (Wildman–Crippen LogP) is 0.181. The van der Waals surface area contributed by atoms with Gasteiger partial charge in [-0.05, 0) is 33.6 Å². The van der Waals surface area contributed by atoms with Gasteiger partial charge < -0.3 is 26.0 Å². The van der Waals surface area contributed by atoms with Gasteiger partial charge in [0.2, 0.25) is 5.91 Å². The molecule has 0 saturated carbocycles. The molecular weight excluding hydrogens is 390 g/mol. The quantitative estimate of drug-likeness (QED) is 0.172. The number of hydrogen-bond acceptors (Lipinski definition) is 7. The van der Waals surface area contributed by atoms with E-state index in [1.54, 1.807) is 20.8 Å². The summed E-state index contributed by atoms with van der Waals surface area (Å²) in [5.74, 6) is -0.0960. The molecule has 0 spiro atoms. The Hall–Kier alpha value is -2.75. The van der Waals surface area contributed by atoms with Crippen molar-refractivity contribution in [3.8, 4) is 6.07 Å². The second-order valence-corrected chi connectivity index (χ2v) is 8.06.